The summed E-state index contributed by atoms with van der Waals surface area (Å²) in [6.45, 7) is 2.88. The van der Waals surface area contributed by atoms with Gasteiger partial charge in [0.25, 0.3) is 0 Å². The first-order valence-corrected chi connectivity index (χ1v) is 12.9. The van der Waals surface area contributed by atoms with E-state index in [4.69, 9.17) is 13.9 Å². The van der Waals surface area contributed by atoms with Crippen LogP contribution < -0.4 is 9.47 Å². The SMILES string of the molecule is CCc1cc(-c2ccccc2)c(O)cc1OCCCOc1ccc2oc3ccccc3c2c1CCC(=O)O. The average Bonchev–Trinajstić information content (AvgIpc) is 3.31. The third kappa shape index (κ3) is 5.30. The summed E-state index contributed by atoms with van der Waals surface area (Å²) in [5, 5.41) is 21.8. The van der Waals surface area contributed by atoms with E-state index in [9.17, 15) is 15.0 Å². The summed E-state index contributed by atoms with van der Waals surface area (Å²) in [6, 6.07) is 24.9. The number of hydrogen-bond acceptors (Lipinski definition) is 5. The number of carbonyl (C=O) groups is 1. The third-order valence-corrected chi connectivity index (χ3v) is 6.65. The highest BCUT2D eigenvalue weighted by Gasteiger charge is 2.17. The molecule has 0 saturated heterocycles. The van der Waals surface area contributed by atoms with Gasteiger partial charge in [0.15, 0.2) is 0 Å². The molecule has 0 bridgehead atoms. The molecule has 0 atom stereocenters. The van der Waals surface area contributed by atoms with Gasteiger partial charge in [-0.05, 0) is 48.2 Å². The zero-order valence-electron chi connectivity index (χ0n) is 21.3. The van der Waals surface area contributed by atoms with Gasteiger partial charge in [-0.25, -0.2) is 0 Å². The first-order valence-electron chi connectivity index (χ1n) is 12.9. The molecule has 0 fully saturated rings. The number of ether oxygens (including phenoxy) is 2. The highest BCUT2D eigenvalue weighted by atomic mass is 16.5. The van der Waals surface area contributed by atoms with E-state index in [2.05, 4.69) is 6.92 Å². The van der Waals surface area contributed by atoms with E-state index < -0.39 is 5.97 Å². The molecule has 0 amide bonds. The van der Waals surface area contributed by atoms with E-state index in [1.165, 1.54) is 0 Å². The van der Waals surface area contributed by atoms with Crippen LogP contribution in [0.25, 0.3) is 33.1 Å². The molecule has 194 valence electrons. The van der Waals surface area contributed by atoms with Crippen LogP contribution in [0.15, 0.2) is 83.3 Å². The number of carboxylic acids is 1. The molecule has 0 aliphatic carbocycles. The maximum atomic E-state index is 11.3. The standard InChI is InChI=1S/C32H30O6/c1-2-21-19-25(22-9-4-3-5-10-22)26(33)20-30(21)37-18-8-17-36-27-14-15-29-32(24(27)13-16-31(34)35)23-11-6-7-12-28(23)38-29/h3-7,9-12,14-15,19-20,33H,2,8,13,16-18H2,1H3,(H,34,35). The summed E-state index contributed by atoms with van der Waals surface area (Å²) < 4.78 is 18.1. The van der Waals surface area contributed by atoms with Crippen LogP contribution in [0, 0.1) is 0 Å². The molecule has 6 nitrogen and oxygen atoms in total. The number of carboxylic acid groups (broad SMARTS) is 1. The lowest BCUT2D eigenvalue weighted by molar-refractivity contribution is -0.136. The third-order valence-electron chi connectivity index (χ3n) is 6.65. The van der Waals surface area contributed by atoms with Crippen LogP contribution in [0.3, 0.4) is 0 Å². The maximum Gasteiger partial charge on any atom is 0.303 e. The Bertz CT molecular complexity index is 1570. The predicted octanol–water partition coefficient (Wildman–Crippen LogP) is 7.39. The number of aryl methyl sites for hydroxylation is 2. The quantitative estimate of drug-likeness (QED) is 0.180. The van der Waals surface area contributed by atoms with Crippen molar-refractivity contribution >= 4 is 27.9 Å². The molecule has 5 aromatic rings. The molecule has 4 aromatic carbocycles. The second kappa shape index (κ2) is 11.3. The molecule has 0 unspecified atom stereocenters. The number of phenols is 1. The molecule has 0 saturated carbocycles. The van der Waals surface area contributed by atoms with E-state index in [-0.39, 0.29) is 12.2 Å². The Labute approximate surface area is 221 Å². The predicted molar refractivity (Wildman–Crippen MR) is 148 cm³/mol. The van der Waals surface area contributed by atoms with Crippen molar-refractivity contribution in [3.8, 4) is 28.4 Å². The molecule has 1 aromatic heterocycles. The molecular weight excluding hydrogens is 480 g/mol. The fourth-order valence-electron chi connectivity index (χ4n) is 4.78. The molecular formula is C32H30O6. The molecule has 38 heavy (non-hydrogen) atoms. The van der Waals surface area contributed by atoms with Gasteiger partial charge < -0.3 is 24.1 Å². The largest absolute Gasteiger partial charge is 0.507 e. The number of fused-ring (bicyclic) bond motifs is 3. The van der Waals surface area contributed by atoms with Gasteiger partial charge in [-0.1, -0.05) is 55.5 Å². The van der Waals surface area contributed by atoms with Crippen molar-refractivity contribution in [2.45, 2.75) is 32.6 Å². The lowest BCUT2D eigenvalue weighted by Crippen LogP contribution is -2.08. The number of benzene rings is 4. The van der Waals surface area contributed by atoms with Crippen LogP contribution in [0.4, 0.5) is 0 Å². The maximum absolute atomic E-state index is 11.3. The van der Waals surface area contributed by atoms with Gasteiger partial charge in [-0.3, -0.25) is 4.79 Å². The van der Waals surface area contributed by atoms with E-state index in [0.717, 1.165) is 45.0 Å². The van der Waals surface area contributed by atoms with Crippen LogP contribution in [-0.2, 0) is 17.6 Å². The zero-order chi connectivity index (χ0) is 26.5. The smallest absolute Gasteiger partial charge is 0.303 e. The minimum Gasteiger partial charge on any atom is -0.507 e. The summed E-state index contributed by atoms with van der Waals surface area (Å²) in [5.41, 5.74) is 5.09. The Kier molecular flexibility index (Phi) is 7.50. The Balaban J connectivity index is 1.28. The van der Waals surface area contributed by atoms with Crippen molar-refractivity contribution < 1.29 is 28.9 Å². The number of aliphatic carboxylic acids is 1. The van der Waals surface area contributed by atoms with Crippen molar-refractivity contribution in [3.63, 3.8) is 0 Å². The van der Waals surface area contributed by atoms with Crippen molar-refractivity contribution in [2.75, 3.05) is 13.2 Å². The zero-order valence-corrected chi connectivity index (χ0v) is 21.3. The van der Waals surface area contributed by atoms with Gasteiger partial charge in [-0.2, -0.15) is 0 Å². The summed E-state index contributed by atoms with van der Waals surface area (Å²) in [6.07, 6.45) is 1.74. The Morgan fingerprint density at radius 3 is 2.37 bits per heavy atom. The Morgan fingerprint density at radius 2 is 1.61 bits per heavy atom. The number of aromatic hydroxyl groups is 1. The molecule has 2 N–H and O–H groups in total. The number of rotatable bonds is 11. The molecule has 0 spiro atoms. The van der Waals surface area contributed by atoms with Crippen LogP contribution >= 0.6 is 0 Å². The minimum absolute atomic E-state index is 0.000353. The Morgan fingerprint density at radius 1 is 0.868 bits per heavy atom. The van der Waals surface area contributed by atoms with Crippen molar-refractivity contribution in [1.29, 1.82) is 0 Å². The van der Waals surface area contributed by atoms with Crippen LogP contribution in [-0.4, -0.2) is 29.4 Å². The van der Waals surface area contributed by atoms with Crippen LogP contribution in [0.5, 0.6) is 17.2 Å². The monoisotopic (exact) mass is 510 g/mol. The molecule has 0 aliphatic rings. The van der Waals surface area contributed by atoms with Gasteiger partial charge in [0.1, 0.15) is 28.4 Å². The first-order chi connectivity index (χ1) is 18.5. The summed E-state index contributed by atoms with van der Waals surface area (Å²) in [7, 11) is 0. The molecule has 1 heterocycles. The lowest BCUT2D eigenvalue weighted by atomic mass is 10.00. The summed E-state index contributed by atoms with van der Waals surface area (Å²) >= 11 is 0. The van der Waals surface area contributed by atoms with E-state index in [0.29, 0.717) is 43.1 Å². The van der Waals surface area contributed by atoms with E-state index in [1.807, 2.05) is 72.8 Å². The normalized spacial score (nSPS) is 11.2. The highest BCUT2D eigenvalue weighted by Crippen LogP contribution is 2.37. The second-order valence-corrected chi connectivity index (χ2v) is 9.15. The van der Waals surface area contributed by atoms with E-state index >= 15 is 0 Å². The number of hydrogen-bond donors (Lipinski definition) is 2. The van der Waals surface area contributed by atoms with Crippen LogP contribution in [0.2, 0.25) is 0 Å². The first kappa shape index (κ1) is 25.2. The molecule has 0 radical (unpaired) electrons. The van der Waals surface area contributed by atoms with E-state index in [1.54, 1.807) is 6.07 Å². The van der Waals surface area contributed by atoms with Gasteiger partial charge in [0.2, 0.25) is 0 Å². The number of para-hydroxylation sites is 1. The topological polar surface area (TPSA) is 89.1 Å². The van der Waals surface area contributed by atoms with Crippen molar-refractivity contribution in [3.05, 3.63) is 90.0 Å². The highest BCUT2D eigenvalue weighted by molar-refractivity contribution is 6.07. The fourth-order valence-corrected chi connectivity index (χ4v) is 4.78. The van der Waals surface area contributed by atoms with Gasteiger partial charge in [-0.15, -0.1) is 0 Å². The van der Waals surface area contributed by atoms with Crippen molar-refractivity contribution in [2.24, 2.45) is 0 Å². The molecule has 5 rings (SSSR count). The van der Waals surface area contributed by atoms with Crippen LogP contribution in [0.1, 0.15) is 30.9 Å². The summed E-state index contributed by atoms with van der Waals surface area (Å²) in [5.74, 6) is 0.647. The van der Waals surface area contributed by atoms with Gasteiger partial charge >= 0.3 is 5.97 Å². The number of furan rings is 1. The molecule has 6 heteroatoms. The summed E-state index contributed by atoms with van der Waals surface area (Å²) in [4.78, 5) is 11.3. The minimum atomic E-state index is -0.859. The molecule has 0 aliphatic heterocycles. The Hall–Kier alpha value is -4.45. The second-order valence-electron chi connectivity index (χ2n) is 9.15. The lowest BCUT2D eigenvalue weighted by Gasteiger charge is -2.15. The average molecular weight is 511 g/mol. The fraction of sp³-hybridized carbons (Fsp3) is 0.219. The number of phenolic OH excluding ortho intramolecular Hbond substituents is 1. The van der Waals surface area contributed by atoms with Gasteiger partial charge in [0.05, 0.1) is 13.2 Å². The van der Waals surface area contributed by atoms with Crippen molar-refractivity contribution in [1.82, 2.24) is 0 Å². The van der Waals surface area contributed by atoms with Gasteiger partial charge in [0, 0.05) is 40.8 Å².